The highest BCUT2D eigenvalue weighted by Crippen LogP contribution is 2.36. The summed E-state index contributed by atoms with van der Waals surface area (Å²) in [6, 6.07) is 0. The van der Waals surface area contributed by atoms with E-state index in [4.69, 9.17) is 14.3 Å². The molecule has 0 aliphatic carbocycles. The van der Waals surface area contributed by atoms with Crippen molar-refractivity contribution < 1.29 is 23.6 Å². The molecular formula is C10H20NO5P. The summed E-state index contributed by atoms with van der Waals surface area (Å²) in [6.45, 7) is 6.86. The molecule has 1 N–H and O–H groups in total. The molecule has 1 amide bonds. The van der Waals surface area contributed by atoms with Gasteiger partial charge in [-0.2, -0.15) is 0 Å². The third-order valence-electron chi connectivity index (χ3n) is 1.90. The average molecular weight is 265 g/mol. The number of hydroxylamine groups is 2. The van der Waals surface area contributed by atoms with Crippen LogP contribution in [0.4, 0.5) is 0 Å². The second-order valence-corrected chi connectivity index (χ2v) is 5.58. The molecule has 17 heavy (non-hydrogen) atoms. The molecule has 0 saturated heterocycles. The van der Waals surface area contributed by atoms with E-state index in [9.17, 15) is 9.36 Å². The molecule has 0 spiro atoms. The summed E-state index contributed by atoms with van der Waals surface area (Å²) >= 11 is 0. The van der Waals surface area contributed by atoms with Crippen molar-refractivity contribution in [2.45, 2.75) is 19.8 Å². The van der Waals surface area contributed by atoms with Crippen molar-refractivity contribution in [3.05, 3.63) is 12.2 Å². The number of carbonyl (C=O) groups excluding carboxylic acids is 1. The highest BCUT2D eigenvalue weighted by atomic mass is 31.2. The zero-order valence-corrected chi connectivity index (χ0v) is 11.4. The zero-order chi connectivity index (χ0) is 13.5. The van der Waals surface area contributed by atoms with Crippen LogP contribution in [-0.4, -0.2) is 42.8 Å². The first-order valence-corrected chi connectivity index (χ1v) is 7.26. The molecule has 0 bridgehead atoms. The van der Waals surface area contributed by atoms with Gasteiger partial charge in [0.2, 0.25) is 0 Å². The van der Waals surface area contributed by atoms with Crippen molar-refractivity contribution in [2.75, 3.05) is 26.9 Å². The molecule has 1 atom stereocenters. The van der Waals surface area contributed by atoms with Crippen LogP contribution in [0.2, 0.25) is 0 Å². The highest BCUT2D eigenvalue weighted by molar-refractivity contribution is 7.51. The van der Waals surface area contributed by atoms with Crippen LogP contribution >= 0.6 is 7.60 Å². The van der Waals surface area contributed by atoms with Crippen molar-refractivity contribution in [1.29, 1.82) is 0 Å². The first kappa shape index (κ1) is 16.3. The van der Waals surface area contributed by atoms with Crippen LogP contribution in [0.15, 0.2) is 12.2 Å². The summed E-state index contributed by atoms with van der Waals surface area (Å²) < 4.78 is 15.5. The van der Waals surface area contributed by atoms with E-state index >= 15 is 0 Å². The van der Waals surface area contributed by atoms with Crippen LogP contribution in [-0.2, 0) is 18.7 Å². The number of nitrogens with zero attached hydrogens (tertiary/aromatic N) is 1. The molecule has 0 heterocycles. The van der Waals surface area contributed by atoms with Gasteiger partial charge in [0.25, 0.3) is 5.91 Å². The van der Waals surface area contributed by atoms with Gasteiger partial charge in [0.05, 0.1) is 13.7 Å². The Morgan fingerprint density at radius 2 is 2.06 bits per heavy atom. The van der Waals surface area contributed by atoms with Gasteiger partial charge in [-0.3, -0.25) is 14.2 Å². The van der Waals surface area contributed by atoms with Gasteiger partial charge in [-0.1, -0.05) is 6.58 Å². The quantitative estimate of drug-likeness (QED) is 0.312. The van der Waals surface area contributed by atoms with Crippen molar-refractivity contribution in [3.8, 4) is 0 Å². The average Bonchev–Trinajstić information content (AvgIpc) is 2.20. The van der Waals surface area contributed by atoms with Crippen LogP contribution in [0.5, 0.6) is 0 Å². The maximum Gasteiger partial charge on any atom is 0.325 e. The van der Waals surface area contributed by atoms with E-state index in [0.717, 1.165) is 6.66 Å². The van der Waals surface area contributed by atoms with Crippen LogP contribution in [0.1, 0.15) is 19.8 Å². The van der Waals surface area contributed by atoms with Gasteiger partial charge >= 0.3 is 7.60 Å². The molecular weight excluding hydrogens is 245 g/mol. The standard InChI is InChI=1S/C10H20NO5P/c1-9(2)10(12)11(15-3)7-5-6-8-16-17(4,13)14/h1,5-8H2,2-4H3,(H,13,14). The zero-order valence-electron chi connectivity index (χ0n) is 10.5. The van der Waals surface area contributed by atoms with Gasteiger partial charge in [-0.15, -0.1) is 0 Å². The Morgan fingerprint density at radius 1 is 1.47 bits per heavy atom. The fraction of sp³-hybridized carbons (Fsp3) is 0.700. The van der Waals surface area contributed by atoms with Gasteiger partial charge in [0.15, 0.2) is 0 Å². The Bertz CT molecular complexity index is 312. The number of unbranched alkanes of at least 4 members (excludes halogenated alkanes) is 1. The fourth-order valence-corrected chi connectivity index (χ4v) is 1.55. The summed E-state index contributed by atoms with van der Waals surface area (Å²) in [6.07, 6.45) is 1.19. The molecule has 0 aromatic rings. The van der Waals surface area contributed by atoms with E-state index in [2.05, 4.69) is 6.58 Å². The Kier molecular flexibility index (Phi) is 7.30. The Morgan fingerprint density at radius 3 is 2.47 bits per heavy atom. The van der Waals surface area contributed by atoms with Gasteiger partial charge in [-0.25, -0.2) is 5.06 Å². The third-order valence-corrected chi connectivity index (χ3v) is 2.56. The van der Waals surface area contributed by atoms with Crippen LogP contribution in [0.25, 0.3) is 0 Å². The SMILES string of the molecule is C=C(C)C(=O)N(CCCCOP(C)(=O)O)OC. The molecule has 1 unspecified atom stereocenters. The smallest absolute Gasteiger partial charge is 0.324 e. The lowest BCUT2D eigenvalue weighted by Crippen LogP contribution is -2.31. The molecule has 0 rings (SSSR count). The minimum atomic E-state index is -3.40. The molecule has 0 fully saturated rings. The summed E-state index contributed by atoms with van der Waals surface area (Å²) in [5.41, 5.74) is 0.400. The Labute approximate surface area is 102 Å². The highest BCUT2D eigenvalue weighted by Gasteiger charge is 2.13. The molecule has 7 heteroatoms. The second kappa shape index (κ2) is 7.61. The molecule has 0 aromatic carbocycles. The number of carbonyl (C=O) groups is 1. The molecule has 100 valence electrons. The van der Waals surface area contributed by atoms with Gasteiger partial charge in [-0.05, 0) is 19.8 Å². The first-order chi connectivity index (χ1) is 7.78. The van der Waals surface area contributed by atoms with E-state index in [1.165, 1.54) is 12.2 Å². The van der Waals surface area contributed by atoms with E-state index in [-0.39, 0.29) is 12.5 Å². The predicted octanol–water partition coefficient (Wildman–Crippen LogP) is 1.56. The summed E-state index contributed by atoms with van der Waals surface area (Å²) in [5.74, 6) is -0.267. The normalized spacial score (nSPS) is 14.1. The van der Waals surface area contributed by atoms with Crippen molar-refractivity contribution in [1.82, 2.24) is 5.06 Å². The Balaban J connectivity index is 3.82. The number of amides is 1. The Hall–Kier alpha value is -0.680. The largest absolute Gasteiger partial charge is 0.325 e. The van der Waals surface area contributed by atoms with Crippen LogP contribution in [0.3, 0.4) is 0 Å². The number of rotatable bonds is 8. The molecule has 0 radical (unpaired) electrons. The van der Waals surface area contributed by atoms with Crippen LogP contribution < -0.4 is 0 Å². The lowest BCUT2D eigenvalue weighted by molar-refractivity contribution is -0.171. The van der Waals surface area contributed by atoms with E-state index in [0.29, 0.717) is 25.0 Å². The number of hydrogen-bond donors (Lipinski definition) is 1. The van der Waals surface area contributed by atoms with Gasteiger partial charge < -0.3 is 9.42 Å². The van der Waals surface area contributed by atoms with E-state index in [1.807, 2.05) is 0 Å². The molecule has 0 saturated carbocycles. The first-order valence-electron chi connectivity index (χ1n) is 5.24. The molecule has 0 aliphatic rings. The lowest BCUT2D eigenvalue weighted by Gasteiger charge is -2.19. The van der Waals surface area contributed by atoms with Gasteiger partial charge in [0.1, 0.15) is 0 Å². The number of hydrogen-bond acceptors (Lipinski definition) is 4. The van der Waals surface area contributed by atoms with E-state index < -0.39 is 7.60 Å². The predicted molar refractivity (Wildman–Crippen MR) is 64.5 cm³/mol. The lowest BCUT2D eigenvalue weighted by atomic mass is 10.3. The summed E-state index contributed by atoms with van der Waals surface area (Å²) in [7, 11) is -1.99. The topological polar surface area (TPSA) is 76.1 Å². The maximum atomic E-state index is 11.5. The maximum absolute atomic E-state index is 11.5. The fourth-order valence-electron chi connectivity index (χ4n) is 1.08. The van der Waals surface area contributed by atoms with Crippen LogP contribution in [0, 0.1) is 0 Å². The summed E-state index contributed by atoms with van der Waals surface area (Å²) in [4.78, 5) is 25.2. The molecule has 0 aromatic heterocycles. The monoisotopic (exact) mass is 265 g/mol. The van der Waals surface area contributed by atoms with Gasteiger partial charge in [0, 0.05) is 18.8 Å². The summed E-state index contributed by atoms with van der Waals surface area (Å²) in [5, 5.41) is 1.20. The van der Waals surface area contributed by atoms with Crippen molar-refractivity contribution in [3.63, 3.8) is 0 Å². The molecule has 6 nitrogen and oxygen atoms in total. The minimum absolute atomic E-state index is 0.184. The second-order valence-electron chi connectivity index (χ2n) is 3.71. The van der Waals surface area contributed by atoms with Crippen molar-refractivity contribution in [2.24, 2.45) is 0 Å². The minimum Gasteiger partial charge on any atom is -0.324 e. The van der Waals surface area contributed by atoms with E-state index in [1.54, 1.807) is 6.92 Å². The third kappa shape index (κ3) is 8.10. The van der Waals surface area contributed by atoms with Crippen molar-refractivity contribution >= 4 is 13.5 Å². The molecule has 0 aliphatic heterocycles.